The Morgan fingerprint density at radius 2 is 2.38 bits per heavy atom. The number of carbonyl (C=O) groups excluding carboxylic acids is 1. The lowest BCUT2D eigenvalue weighted by atomic mass is 10.2. The first-order valence-corrected chi connectivity index (χ1v) is 3.83. The molecule has 5 nitrogen and oxygen atoms in total. The average Bonchev–Trinajstić information content (AvgIpc) is 2.15. The fourth-order valence-electron chi connectivity index (χ4n) is 0.805. The first-order chi connectivity index (χ1) is 6.24. The van der Waals surface area contributed by atoms with E-state index in [2.05, 4.69) is 4.98 Å². The molecule has 1 heterocycles. The number of amides is 1. The van der Waals surface area contributed by atoms with Gasteiger partial charge in [0.1, 0.15) is 6.61 Å². The minimum Gasteiger partial charge on any atom is -0.476 e. The summed E-state index contributed by atoms with van der Waals surface area (Å²) in [4.78, 5) is 14.6. The van der Waals surface area contributed by atoms with Crippen LogP contribution in [0, 0.1) is 0 Å². The zero-order valence-corrected chi connectivity index (χ0v) is 7.06. The highest BCUT2D eigenvalue weighted by Gasteiger charge is 2.02. The van der Waals surface area contributed by atoms with E-state index in [1.165, 1.54) is 18.3 Å². The zero-order chi connectivity index (χ0) is 9.68. The normalized spacial score (nSPS) is 9.62. The smallest absolute Gasteiger partial charge is 0.248 e. The van der Waals surface area contributed by atoms with Crippen molar-refractivity contribution in [3.63, 3.8) is 0 Å². The standard InChI is InChI=1S/C8H11N3O2/c9-2-4-13-7-5-6(8(10)12)1-3-11-7/h1,3,5H,2,4,9H2,(H2,10,12). The van der Waals surface area contributed by atoms with E-state index in [4.69, 9.17) is 16.2 Å². The van der Waals surface area contributed by atoms with Crippen LogP contribution in [0.3, 0.4) is 0 Å². The van der Waals surface area contributed by atoms with Crippen LogP contribution in [0.15, 0.2) is 18.3 Å². The van der Waals surface area contributed by atoms with Crippen molar-refractivity contribution in [1.82, 2.24) is 4.98 Å². The van der Waals surface area contributed by atoms with Gasteiger partial charge in [-0.2, -0.15) is 0 Å². The topological polar surface area (TPSA) is 91.2 Å². The third kappa shape index (κ3) is 2.72. The molecule has 4 N–H and O–H groups in total. The zero-order valence-electron chi connectivity index (χ0n) is 7.06. The summed E-state index contributed by atoms with van der Waals surface area (Å²) in [7, 11) is 0. The second-order valence-electron chi connectivity index (χ2n) is 2.38. The maximum absolute atomic E-state index is 10.7. The highest BCUT2D eigenvalue weighted by molar-refractivity contribution is 5.92. The van der Waals surface area contributed by atoms with E-state index in [9.17, 15) is 4.79 Å². The summed E-state index contributed by atoms with van der Waals surface area (Å²) in [6.07, 6.45) is 1.46. The monoisotopic (exact) mass is 181 g/mol. The summed E-state index contributed by atoms with van der Waals surface area (Å²) in [6, 6.07) is 3.01. The molecular weight excluding hydrogens is 170 g/mol. The quantitative estimate of drug-likeness (QED) is 0.656. The van der Waals surface area contributed by atoms with Gasteiger partial charge in [-0.05, 0) is 6.07 Å². The molecule has 5 heteroatoms. The number of ether oxygens (including phenoxy) is 1. The third-order valence-corrected chi connectivity index (χ3v) is 1.39. The number of carbonyl (C=O) groups is 1. The van der Waals surface area contributed by atoms with Crippen molar-refractivity contribution in [2.45, 2.75) is 0 Å². The van der Waals surface area contributed by atoms with Crippen molar-refractivity contribution in [2.75, 3.05) is 13.2 Å². The molecule has 0 aliphatic heterocycles. The molecule has 0 saturated heterocycles. The minimum atomic E-state index is -0.500. The Morgan fingerprint density at radius 3 is 3.00 bits per heavy atom. The van der Waals surface area contributed by atoms with Gasteiger partial charge >= 0.3 is 0 Å². The van der Waals surface area contributed by atoms with E-state index < -0.39 is 5.91 Å². The Morgan fingerprint density at radius 1 is 1.62 bits per heavy atom. The molecule has 1 aromatic heterocycles. The molecule has 0 atom stereocenters. The van der Waals surface area contributed by atoms with Crippen LogP contribution in [0.1, 0.15) is 10.4 Å². The summed E-state index contributed by atoms with van der Waals surface area (Å²) < 4.78 is 5.10. The first-order valence-electron chi connectivity index (χ1n) is 3.83. The highest BCUT2D eigenvalue weighted by Crippen LogP contribution is 2.07. The lowest BCUT2D eigenvalue weighted by Gasteiger charge is -2.03. The lowest BCUT2D eigenvalue weighted by molar-refractivity contribution is 0.0999. The lowest BCUT2D eigenvalue weighted by Crippen LogP contribution is -2.13. The summed E-state index contributed by atoms with van der Waals surface area (Å²) in [5.74, 6) is -0.137. The van der Waals surface area contributed by atoms with Crippen molar-refractivity contribution < 1.29 is 9.53 Å². The fraction of sp³-hybridized carbons (Fsp3) is 0.250. The second kappa shape index (κ2) is 4.42. The first kappa shape index (κ1) is 9.47. The maximum atomic E-state index is 10.7. The number of hydrogen-bond donors (Lipinski definition) is 2. The van der Waals surface area contributed by atoms with Crippen LogP contribution < -0.4 is 16.2 Å². The number of primary amides is 1. The average molecular weight is 181 g/mol. The minimum absolute atomic E-state index is 0.363. The Kier molecular flexibility index (Phi) is 3.22. The van der Waals surface area contributed by atoms with Gasteiger partial charge in [0.05, 0.1) is 0 Å². The Balaban J connectivity index is 2.73. The van der Waals surface area contributed by atoms with E-state index >= 15 is 0 Å². The number of nitrogens with two attached hydrogens (primary N) is 2. The number of nitrogens with zero attached hydrogens (tertiary/aromatic N) is 1. The molecular formula is C8H11N3O2. The summed E-state index contributed by atoms with van der Waals surface area (Å²) >= 11 is 0. The van der Waals surface area contributed by atoms with Crippen molar-refractivity contribution in [3.8, 4) is 5.88 Å². The number of rotatable bonds is 4. The van der Waals surface area contributed by atoms with Gasteiger partial charge in [0.2, 0.25) is 11.8 Å². The van der Waals surface area contributed by atoms with Crippen molar-refractivity contribution in [2.24, 2.45) is 11.5 Å². The molecule has 0 unspecified atom stereocenters. The van der Waals surface area contributed by atoms with Crippen LogP contribution in [0.2, 0.25) is 0 Å². The van der Waals surface area contributed by atoms with Crippen LogP contribution >= 0.6 is 0 Å². The van der Waals surface area contributed by atoms with Crippen molar-refractivity contribution in [1.29, 1.82) is 0 Å². The predicted molar refractivity (Wildman–Crippen MR) is 47.3 cm³/mol. The molecule has 0 bridgehead atoms. The Labute approximate surface area is 75.7 Å². The molecule has 0 aliphatic rings. The largest absolute Gasteiger partial charge is 0.476 e. The summed E-state index contributed by atoms with van der Waals surface area (Å²) in [5, 5.41) is 0. The van der Waals surface area contributed by atoms with E-state index in [0.717, 1.165) is 0 Å². The highest BCUT2D eigenvalue weighted by atomic mass is 16.5. The molecule has 0 aliphatic carbocycles. The molecule has 1 amide bonds. The van der Waals surface area contributed by atoms with Gasteiger partial charge in [-0.15, -0.1) is 0 Å². The van der Waals surface area contributed by atoms with E-state index in [1.54, 1.807) is 0 Å². The van der Waals surface area contributed by atoms with Crippen molar-refractivity contribution >= 4 is 5.91 Å². The van der Waals surface area contributed by atoms with E-state index in [-0.39, 0.29) is 0 Å². The van der Waals surface area contributed by atoms with E-state index in [0.29, 0.717) is 24.6 Å². The van der Waals surface area contributed by atoms with Crippen LogP contribution in [0.4, 0.5) is 0 Å². The van der Waals surface area contributed by atoms with Crippen LogP contribution in [0.5, 0.6) is 5.88 Å². The molecule has 1 rings (SSSR count). The number of pyridine rings is 1. The molecule has 0 saturated carbocycles. The fourth-order valence-corrected chi connectivity index (χ4v) is 0.805. The molecule has 0 aromatic carbocycles. The van der Waals surface area contributed by atoms with Gasteiger partial charge in [0.15, 0.2) is 0 Å². The van der Waals surface area contributed by atoms with Gasteiger partial charge in [-0.25, -0.2) is 4.98 Å². The third-order valence-electron chi connectivity index (χ3n) is 1.39. The summed E-state index contributed by atoms with van der Waals surface area (Å²) in [6.45, 7) is 0.775. The molecule has 1 aromatic rings. The predicted octanol–water partition coefficient (Wildman–Crippen LogP) is -0.482. The van der Waals surface area contributed by atoms with Gasteiger partial charge in [-0.1, -0.05) is 0 Å². The Bertz CT molecular complexity index is 301. The number of hydrogen-bond acceptors (Lipinski definition) is 4. The molecule has 0 radical (unpaired) electrons. The Hall–Kier alpha value is -1.62. The molecule has 0 fully saturated rings. The second-order valence-corrected chi connectivity index (χ2v) is 2.38. The van der Waals surface area contributed by atoms with Crippen LogP contribution in [-0.4, -0.2) is 24.0 Å². The van der Waals surface area contributed by atoms with Gasteiger partial charge < -0.3 is 16.2 Å². The van der Waals surface area contributed by atoms with Gasteiger partial charge in [0.25, 0.3) is 0 Å². The number of aromatic nitrogens is 1. The summed E-state index contributed by atoms with van der Waals surface area (Å²) in [5.41, 5.74) is 10.7. The molecule has 13 heavy (non-hydrogen) atoms. The van der Waals surface area contributed by atoms with Gasteiger partial charge in [0, 0.05) is 24.4 Å². The van der Waals surface area contributed by atoms with Crippen LogP contribution in [-0.2, 0) is 0 Å². The SMILES string of the molecule is NCCOc1cc(C(N)=O)ccn1. The molecule has 0 spiro atoms. The van der Waals surface area contributed by atoms with E-state index in [1.807, 2.05) is 0 Å². The molecule has 70 valence electrons. The maximum Gasteiger partial charge on any atom is 0.248 e. The van der Waals surface area contributed by atoms with Gasteiger partial charge in [-0.3, -0.25) is 4.79 Å². The van der Waals surface area contributed by atoms with Crippen molar-refractivity contribution in [3.05, 3.63) is 23.9 Å². The van der Waals surface area contributed by atoms with Crippen LogP contribution in [0.25, 0.3) is 0 Å².